The molecule has 1 saturated carbocycles. The molecule has 18 heavy (non-hydrogen) atoms. The summed E-state index contributed by atoms with van der Waals surface area (Å²) in [4.78, 5) is 2.57. The lowest BCUT2D eigenvalue weighted by atomic mass is 10.1. The summed E-state index contributed by atoms with van der Waals surface area (Å²) in [6.07, 6.45) is 2.79. The first kappa shape index (κ1) is 12.2. The van der Waals surface area contributed by atoms with Crippen LogP contribution < -0.4 is 5.32 Å². The molecule has 1 aromatic rings. The highest BCUT2D eigenvalue weighted by Gasteiger charge is 2.23. The van der Waals surface area contributed by atoms with E-state index in [1.165, 1.54) is 18.4 Å². The fourth-order valence-electron chi connectivity index (χ4n) is 3.14. The minimum atomic E-state index is 0.611. The van der Waals surface area contributed by atoms with Crippen LogP contribution >= 0.6 is 0 Å². The van der Waals surface area contributed by atoms with E-state index in [0.717, 1.165) is 25.6 Å². The molecule has 1 aliphatic heterocycles. The molecule has 0 radical (unpaired) electrons. The van der Waals surface area contributed by atoms with Crippen molar-refractivity contribution in [3.05, 3.63) is 35.4 Å². The zero-order chi connectivity index (χ0) is 12.5. The number of rotatable bonds is 3. The molecule has 3 rings (SSSR count). The van der Waals surface area contributed by atoms with Crippen LogP contribution in [0, 0.1) is 0 Å². The van der Waals surface area contributed by atoms with Gasteiger partial charge in [-0.25, -0.2) is 0 Å². The van der Waals surface area contributed by atoms with Gasteiger partial charge in [-0.3, -0.25) is 4.90 Å². The van der Waals surface area contributed by atoms with Crippen molar-refractivity contribution in [2.24, 2.45) is 0 Å². The van der Waals surface area contributed by atoms with Crippen LogP contribution in [0.5, 0.6) is 0 Å². The van der Waals surface area contributed by atoms with Gasteiger partial charge in [0.1, 0.15) is 0 Å². The quantitative estimate of drug-likeness (QED) is 0.879. The average molecular weight is 244 g/mol. The van der Waals surface area contributed by atoms with Gasteiger partial charge in [0.15, 0.2) is 0 Å². The number of hydrogen-bond donors (Lipinski definition) is 1. The summed E-state index contributed by atoms with van der Waals surface area (Å²) in [5.41, 5.74) is 3.00. The molecule has 1 N–H and O–H groups in total. The van der Waals surface area contributed by atoms with Crippen molar-refractivity contribution in [2.45, 2.75) is 51.2 Å². The largest absolute Gasteiger partial charge is 0.309 e. The van der Waals surface area contributed by atoms with E-state index in [4.69, 9.17) is 0 Å². The Morgan fingerprint density at radius 1 is 1.06 bits per heavy atom. The van der Waals surface area contributed by atoms with Gasteiger partial charge >= 0.3 is 0 Å². The lowest BCUT2D eigenvalue weighted by Gasteiger charge is -2.36. The minimum absolute atomic E-state index is 0.611. The topological polar surface area (TPSA) is 15.3 Å². The summed E-state index contributed by atoms with van der Waals surface area (Å²) in [6.45, 7) is 7.97. The highest BCUT2D eigenvalue weighted by molar-refractivity contribution is 5.28. The van der Waals surface area contributed by atoms with Crippen molar-refractivity contribution in [3.8, 4) is 0 Å². The molecule has 2 unspecified atom stereocenters. The molecule has 2 nitrogen and oxygen atoms in total. The lowest BCUT2D eigenvalue weighted by molar-refractivity contribution is 0.166. The second-order valence-corrected chi connectivity index (χ2v) is 6.18. The maximum absolute atomic E-state index is 3.59. The van der Waals surface area contributed by atoms with Gasteiger partial charge in [0.05, 0.1) is 0 Å². The maximum Gasteiger partial charge on any atom is 0.0235 e. The van der Waals surface area contributed by atoms with Crippen LogP contribution in [0.3, 0.4) is 0 Å². The second kappa shape index (κ2) is 5.02. The van der Waals surface area contributed by atoms with E-state index in [-0.39, 0.29) is 0 Å². The molecule has 98 valence electrons. The van der Waals surface area contributed by atoms with Crippen LogP contribution in [0.4, 0.5) is 0 Å². The zero-order valence-electron chi connectivity index (χ0n) is 11.5. The monoisotopic (exact) mass is 244 g/mol. The van der Waals surface area contributed by atoms with Gasteiger partial charge in [0, 0.05) is 31.7 Å². The van der Waals surface area contributed by atoms with Crippen molar-refractivity contribution < 1.29 is 0 Å². The SMILES string of the molecule is CC1CN(Cc2ccc(C3CC3)cc2)CC(C)N1. The van der Waals surface area contributed by atoms with Crippen molar-refractivity contribution in [2.75, 3.05) is 13.1 Å². The van der Waals surface area contributed by atoms with Gasteiger partial charge in [-0.15, -0.1) is 0 Å². The number of nitrogens with one attached hydrogen (secondary N) is 1. The van der Waals surface area contributed by atoms with E-state index in [9.17, 15) is 0 Å². The molecule has 0 bridgehead atoms. The molecule has 1 aliphatic carbocycles. The predicted octanol–water partition coefficient (Wildman–Crippen LogP) is 2.75. The van der Waals surface area contributed by atoms with E-state index in [1.807, 2.05) is 0 Å². The van der Waals surface area contributed by atoms with Crippen molar-refractivity contribution in [3.63, 3.8) is 0 Å². The Kier molecular flexibility index (Phi) is 3.40. The van der Waals surface area contributed by atoms with E-state index >= 15 is 0 Å². The molecule has 2 fully saturated rings. The van der Waals surface area contributed by atoms with Gasteiger partial charge in [-0.05, 0) is 43.7 Å². The highest BCUT2D eigenvalue weighted by atomic mass is 15.2. The highest BCUT2D eigenvalue weighted by Crippen LogP contribution is 2.39. The molecule has 2 heteroatoms. The van der Waals surface area contributed by atoms with Crippen LogP contribution in [0.1, 0.15) is 43.7 Å². The third-order valence-corrected chi connectivity index (χ3v) is 4.07. The molecule has 1 heterocycles. The summed E-state index contributed by atoms with van der Waals surface area (Å²) in [5, 5.41) is 3.59. The Bertz CT molecular complexity index is 384. The Hall–Kier alpha value is -0.860. The van der Waals surface area contributed by atoms with E-state index < -0.39 is 0 Å². The van der Waals surface area contributed by atoms with Crippen molar-refractivity contribution in [1.29, 1.82) is 0 Å². The lowest BCUT2D eigenvalue weighted by Crippen LogP contribution is -2.53. The third-order valence-electron chi connectivity index (χ3n) is 4.07. The molecule has 0 amide bonds. The summed E-state index contributed by atoms with van der Waals surface area (Å²) < 4.78 is 0. The van der Waals surface area contributed by atoms with E-state index in [1.54, 1.807) is 5.56 Å². The first-order chi connectivity index (χ1) is 8.70. The Morgan fingerprint density at radius 2 is 1.67 bits per heavy atom. The number of piperazine rings is 1. The normalized spacial score (nSPS) is 29.4. The molecule has 2 aliphatic rings. The summed E-state index contributed by atoms with van der Waals surface area (Å²) in [6, 6.07) is 10.5. The van der Waals surface area contributed by atoms with Crippen LogP contribution in [0.2, 0.25) is 0 Å². The van der Waals surface area contributed by atoms with Crippen LogP contribution in [0.15, 0.2) is 24.3 Å². The van der Waals surface area contributed by atoms with Gasteiger partial charge in [-0.1, -0.05) is 24.3 Å². The molecule has 0 spiro atoms. The molecule has 1 aromatic carbocycles. The minimum Gasteiger partial charge on any atom is -0.309 e. The summed E-state index contributed by atoms with van der Waals surface area (Å²) in [7, 11) is 0. The Balaban J connectivity index is 1.61. The third kappa shape index (κ3) is 2.93. The van der Waals surface area contributed by atoms with E-state index in [0.29, 0.717) is 12.1 Å². The van der Waals surface area contributed by atoms with Crippen LogP contribution in [-0.2, 0) is 6.54 Å². The van der Waals surface area contributed by atoms with Gasteiger partial charge in [0.25, 0.3) is 0 Å². The van der Waals surface area contributed by atoms with E-state index in [2.05, 4.69) is 48.3 Å². The molecular weight excluding hydrogens is 220 g/mol. The maximum atomic E-state index is 3.59. The first-order valence-corrected chi connectivity index (χ1v) is 7.28. The number of hydrogen-bond acceptors (Lipinski definition) is 2. The number of nitrogens with zero attached hydrogens (tertiary/aromatic N) is 1. The molecule has 1 saturated heterocycles. The zero-order valence-corrected chi connectivity index (χ0v) is 11.5. The van der Waals surface area contributed by atoms with Gasteiger partial charge in [0.2, 0.25) is 0 Å². The fraction of sp³-hybridized carbons (Fsp3) is 0.625. The molecule has 0 aromatic heterocycles. The summed E-state index contributed by atoms with van der Waals surface area (Å²) >= 11 is 0. The first-order valence-electron chi connectivity index (χ1n) is 7.28. The Morgan fingerprint density at radius 3 is 2.22 bits per heavy atom. The predicted molar refractivity (Wildman–Crippen MR) is 75.8 cm³/mol. The van der Waals surface area contributed by atoms with Crippen molar-refractivity contribution >= 4 is 0 Å². The van der Waals surface area contributed by atoms with Crippen molar-refractivity contribution in [1.82, 2.24) is 10.2 Å². The molecule has 2 atom stereocenters. The van der Waals surface area contributed by atoms with Gasteiger partial charge in [-0.2, -0.15) is 0 Å². The van der Waals surface area contributed by atoms with Gasteiger partial charge < -0.3 is 5.32 Å². The second-order valence-electron chi connectivity index (χ2n) is 6.18. The Labute approximate surface area is 110 Å². The average Bonchev–Trinajstić information content (AvgIpc) is 3.12. The van der Waals surface area contributed by atoms with Crippen LogP contribution in [0.25, 0.3) is 0 Å². The smallest absolute Gasteiger partial charge is 0.0235 e. The standard InChI is InChI=1S/C16H24N2/c1-12-9-18(10-13(2)17-12)11-14-3-5-15(6-4-14)16-7-8-16/h3-6,12-13,16-17H,7-11H2,1-2H3. The summed E-state index contributed by atoms with van der Waals surface area (Å²) in [5.74, 6) is 0.873. The fourth-order valence-corrected chi connectivity index (χ4v) is 3.14. The molecular formula is C16H24N2. The van der Waals surface area contributed by atoms with Crippen LogP contribution in [-0.4, -0.2) is 30.1 Å². The number of benzene rings is 1.